The van der Waals surface area contributed by atoms with Gasteiger partial charge >= 0.3 is 0 Å². The fourth-order valence-corrected chi connectivity index (χ4v) is 2.57. The molecule has 0 saturated carbocycles. The molecular formula is C19H20N4O2. The second-order valence-corrected chi connectivity index (χ2v) is 6.26. The number of anilines is 1. The second-order valence-electron chi connectivity index (χ2n) is 6.26. The van der Waals surface area contributed by atoms with E-state index in [4.69, 9.17) is 10.8 Å². The molecule has 2 heterocycles. The van der Waals surface area contributed by atoms with Gasteiger partial charge in [0.2, 0.25) is 11.8 Å². The van der Waals surface area contributed by atoms with E-state index in [1.807, 2.05) is 32.0 Å². The normalized spacial score (nSPS) is 14.1. The van der Waals surface area contributed by atoms with Gasteiger partial charge in [-0.3, -0.25) is 4.79 Å². The summed E-state index contributed by atoms with van der Waals surface area (Å²) in [7, 11) is 0. The molecule has 0 atom stereocenters. The van der Waals surface area contributed by atoms with Crippen LogP contribution in [-0.2, 0) is 4.79 Å². The topological polar surface area (TPSA) is 79.9 Å². The number of carbonyl (C=O) groups excluding carboxylic acids is 1. The third-order valence-electron chi connectivity index (χ3n) is 4.18. The summed E-state index contributed by atoms with van der Waals surface area (Å²) >= 11 is 0. The van der Waals surface area contributed by atoms with E-state index >= 15 is 0 Å². The van der Waals surface area contributed by atoms with E-state index in [9.17, 15) is 4.79 Å². The van der Waals surface area contributed by atoms with Gasteiger partial charge < -0.3 is 9.73 Å². The number of hydrogen-bond donors (Lipinski definition) is 1. The Bertz CT molecular complexity index is 855. The molecule has 1 aromatic heterocycles. The van der Waals surface area contributed by atoms with Crippen molar-refractivity contribution in [2.45, 2.75) is 45.2 Å². The number of oxazole rings is 1. The molecule has 6 heteroatoms. The summed E-state index contributed by atoms with van der Waals surface area (Å²) in [6, 6.07) is 5.73. The minimum atomic E-state index is -0.434. The molecule has 0 spiro atoms. The largest absolute Gasteiger partial charge is 0.444 e. The maximum Gasteiger partial charge on any atom is 0.226 e. The summed E-state index contributed by atoms with van der Waals surface area (Å²) in [5, 5.41) is 11.1. The number of hydrogen-bond acceptors (Lipinski definition) is 5. The van der Waals surface area contributed by atoms with Gasteiger partial charge in [-0.05, 0) is 31.5 Å². The SMILES string of the molecule is C#CCCC1(CCC(=O)Nc2cc(-c3nc(C)co3)ccc2C)N=N1. The molecule has 0 aliphatic carbocycles. The third kappa shape index (κ3) is 4.13. The molecule has 2 aromatic rings. The molecule has 0 unspecified atom stereocenters. The van der Waals surface area contributed by atoms with Crippen LogP contribution < -0.4 is 5.32 Å². The van der Waals surface area contributed by atoms with Crippen LogP contribution in [0, 0.1) is 26.2 Å². The summed E-state index contributed by atoms with van der Waals surface area (Å²) in [5.41, 5.74) is 2.93. The van der Waals surface area contributed by atoms with Gasteiger partial charge in [-0.1, -0.05) is 6.07 Å². The maximum atomic E-state index is 12.3. The van der Waals surface area contributed by atoms with Crippen LogP contribution in [0.4, 0.5) is 5.69 Å². The zero-order valence-corrected chi connectivity index (χ0v) is 14.4. The minimum absolute atomic E-state index is 0.0683. The Balaban J connectivity index is 1.62. The van der Waals surface area contributed by atoms with E-state index in [1.165, 1.54) is 0 Å². The second kappa shape index (κ2) is 6.89. The van der Waals surface area contributed by atoms with Crippen molar-refractivity contribution >= 4 is 11.6 Å². The van der Waals surface area contributed by atoms with E-state index in [1.54, 1.807) is 6.26 Å². The Morgan fingerprint density at radius 2 is 2.12 bits per heavy atom. The molecule has 1 aliphatic heterocycles. The number of carbonyl (C=O) groups is 1. The van der Waals surface area contributed by atoms with E-state index < -0.39 is 5.66 Å². The highest BCUT2D eigenvalue weighted by Crippen LogP contribution is 2.37. The van der Waals surface area contributed by atoms with E-state index in [0.29, 0.717) is 31.6 Å². The predicted octanol–water partition coefficient (Wildman–Crippen LogP) is 4.25. The van der Waals surface area contributed by atoms with Crippen molar-refractivity contribution in [2.75, 3.05) is 5.32 Å². The lowest BCUT2D eigenvalue weighted by Crippen LogP contribution is -2.18. The van der Waals surface area contributed by atoms with Crippen LogP contribution in [-0.4, -0.2) is 16.6 Å². The Morgan fingerprint density at radius 3 is 2.76 bits per heavy atom. The van der Waals surface area contributed by atoms with Crippen LogP contribution in [0.2, 0.25) is 0 Å². The van der Waals surface area contributed by atoms with Crippen molar-refractivity contribution in [3.05, 3.63) is 35.7 Å². The molecule has 0 bridgehead atoms. The number of rotatable bonds is 7. The van der Waals surface area contributed by atoms with Gasteiger partial charge in [0, 0.05) is 36.9 Å². The first-order valence-electron chi connectivity index (χ1n) is 8.22. The van der Waals surface area contributed by atoms with Crippen molar-refractivity contribution < 1.29 is 9.21 Å². The lowest BCUT2D eigenvalue weighted by molar-refractivity contribution is -0.116. The first-order valence-corrected chi connectivity index (χ1v) is 8.22. The van der Waals surface area contributed by atoms with Gasteiger partial charge in [0.25, 0.3) is 0 Å². The zero-order valence-electron chi connectivity index (χ0n) is 14.4. The Labute approximate surface area is 146 Å². The van der Waals surface area contributed by atoms with Crippen LogP contribution in [0.25, 0.3) is 11.5 Å². The molecule has 0 saturated heterocycles. The number of nitrogens with one attached hydrogen (secondary N) is 1. The number of terminal acetylenes is 1. The summed E-state index contributed by atoms with van der Waals surface area (Å²) < 4.78 is 5.42. The van der Waals surface area contributed by atoms with E-state index in [2.05, 4.69) is 26.4 Å². The first kappa shape index (κ1) is 16.9. The van der Waals surface area contributed by atoms with Crippen LogP contribution >= 0.6 is 0 Å². The average molecular weight is 336 g/mol. The molecule has 3 rings (SSSR count). The molecule has 1 aromatic carbocycles. The van der Waals surface area contributed by atoms with Crippen molar-refractivity contribution in [2.24, 2.45) is 10.2 Å². The Hall–Kier alpha value is -2.94. The smallest absolute Gasteiger partial charge is 0.226 e. The fourth-order valence-electron chi connectivity index (χ4n) is 2.57. The molecular weight excluding hydrogens is 316 g/mol. The van der Waals surface area contributed by atoms with Gasteiger partial charge in [0.05, 0.1) is 5.69 Å². The number of aryl methyl sites for hydroxylation is 2. The van der Waals surface area contributed by atoms with Gasteiger partial charge in [-0.2, -0.15) is 10.2 Å². The van der Waals surface area contributed by atoms with Crippen LogP contribution in [0.15, 0.2) is 39.1 Å². The molecule has 25 heavy (non-hydrogen) atoms. The Morgan fingerprint density at radius 1 is 1.32 bits per heavy atom. The summed E-state index contributed by atoms with van der Waals surface area (Å²) in [4.78, 5) is 16.6. The van der Waals surface area contributed by atoms with Gasteiger partial charge in [-0.15, -0.1) is 12.3 Å². The predicted molar refractivity (Wildman–Crippen MR) is 94.9 cm³/mol. The molecule has 1 N–H and O–H groups in total. The Kier molecular flexibility index (Phi) is 4.66. The van der Waals surface area contributed by atoms with Crippen LogP contribution in [0.1, 0.15) is 36.9 Å². The highest BCUT2D eigenvalue weighted by molar-refractivity contribution is 5.92. The van der Waals surface area contributed by atoms with Crippen molar-refractivity contribution in [1.82, 2.24) is 4.98 Å². The molecule has 0 radical (unpaired) electrons. The standard InChI is InChI=1S/C19H20N4O2/c1-4-5-9-19(22-23-19)10-8-17(24)21-16-11-15(7-6-13(16)2)18-20-14(3)12-25-18/h1,6-7,11-12H,5,8-10H2,2-3H3,(H,21,24). The van der Waals surface area contributed by atoms with E-state index in [-0.39, 0.29) is 5.91 Å². The van der Waals surface area contributed by atoms with Crippen LogP contribution in [0.5, 0.6) is 0 Å². The van der Waals surface area contributed by atoms with E-state index in [0.717, 1.165) is 22.5 Å². The minimum Gasteiger partial charge on any atom is -0.444 e. The van der Waals surface area contributed by atoms with Crippen LogP contribution in [0.3, 0.4) is 0 Å². The lowest BCUT2D eigenvalue weighted by Gasteiger charge is -2.11. The maximum absolute atomic E-state index is 12.3. The van der Waals surface area contributed by atoms with Crippen molar-refractivity contribution in [3.8, 4) is 23.8 Å². The fraction of sp³-hybridized carbons (Fsp3) is 0.368. The monoisotopic (exact) mass is 336 g/mol. The summed E-state index contributed by atoms with van der Waals surface area (Å²) in [5.74, 6) is 3.06. The summed E-state index contributed by atoms with van der Waals surface area (Å²) in [6.07, 6.45) is 9.13. The lowest BCUT2D eigenvalue weighted by atomic mass is 10.0. The molecule has 1 amide bonds. The van der Waals surface area contributed by atoms with Crippen molar-refractivity contribution in [3.63, 3.8) is 0 Å². The number of aromatic nitrogens is 1. The molecule has 1 aliphatic rings. The molecule has 128 valence electrons. The zero-order chi connectivity index (χ0) is 17.9. The average Bonchev–Trinajstić information content (AvgIpc) is 3.25. The quantitative estimate of drug-likeness (QED) is 0.767. The highest BCUT2D eigenvalue weighted by atomic mass is 16.3. The number of amides is 1. The van der Waals surface area contributed by atoms with Crippen molar-refractivity contribution in [1.29, 1.82) is 0 Å². The highest BCUT2D eigenvalue weighted by Gasteiger charge is 2.39. The summed E-state index contributed by atoms with van der Waals surface area (Å²) in [6.45, 7) is 3.81. The van der Waals surface area contributed by atoms with Gasteiger partial charge in [0.15, 0.2) is 5.66 Å². The van der Waals surface area contributed by atoms with Gasteiger partial charge in [-0.25, -0.2) is 4.98 Å². The molecule has 0 fully saturated rings. The number of nitrogens with zero attached hydrogens (tertiary/aromatic N) is 3. The van der Waals surface area contributed by atoms with Gasteiger partial charge in [0.1, 0.15) is 6.26 Å². The molecule has 6 nitrogen and oxygen atoms in total. The number of benzene rings is 1. The third-order valence-corrected chi connectivity index (χ3v) is 4.18. The first-order chi connectivity index (χ1) is 12.0.